The molecule has 1 fully saturated rings. The van der Waals surface area contributed by atoms with E-state index in [0.717, 1.165) is 41.3 Å². The summed E-state index contributed by atoms with van der Waals surface area (Å²) < 4.78 is 29.6. The fourth-order valence-electron chi connectivity index (χ4n) is 3.46. The molecular weight excluding hydrogens is 370 g/mol. The van der Waals surface area contributed by atoms with Crippen molar-refractivity contribution in [2.45, 2.75) is 44.4 Å². The Morgan fingerprint density at radius 3 is 2.54 bits per heavy atom. The van der Waals surface area contributed by atoms with Crippen LogP contribution in [0.25, 0.3) is 22.0 Å². The summed E-state index contributed by atoms with van der Waals surface area (Å²) in [5.41, 5.74) is 4.36. The van der Waals surface area contributed by atoms with Gasteiger partial charge in [0.25, 0.3) is 0 Å². The largest absolute Gasteiger partial charge is 0.344 e. The molecule has 6 heteroatoms. The third-order valence-corrected chi connectivity index (χ3v) is 7.32. The molecule has 144 valence electrons. The lowest BCUT2D eigenvalue weighted by atomic mass is 10.0. The first-order valence-electron chi connectivity index (χ1n) is 9.59. The second-order valence-electron chi connectivity index (χ2n) is 7.47. The van der Waals surface area contributed by atoms with Crippen LogP contribution in [0.15, 0.2) is 48.7 Å². The molecule has 1 heterocycles. The zero-order chi connectivity index (χ0) is 19.9. The average Bonchev–Trinajstić information content (AvgIpc) is 3.50. The Bertz CT molecular complexity index is 1170. The minimum Gasteiger partial charge on any atom is -0.344 e. The number of benzene rings is 2. The van der Waals surface area contributed by atoms with Gasteiger partial charge >= 0.3 is 0 Å². The van der Waals surface area contributed by atoms with E-state index in [1.54, 1.807) is 0 Å². The van der Waals surface area contributed by atoms with Crippen molar-refractivity contribution in [1.29, 1.82) is 5.26 Å². The van der Waals surface area contributed by atoms with Crippen LogP contribution >= 0.6 is 0 Å². The van der Waals surface area contributed by atoms with Gasteiger partial charge in [0.05, 0.1) is 28.1 Å². The summed E-state index contributed by atoms with van der Waals surface area (Å²) in [7, 11) is -3.29. The smallest absolute Gasteiger partial charge is 0.235 e. The number of nitriles is 1. The Hall–Kier alpha value is -2.78. The number of nitrogens with zero attached hydrogens (tertiary/aromatic N) is 2. The lowest BCUT2D eigenvalue weighted by Gasteiger charge is -2.14. The van der Waals surface area contributed by atoms with Crippen LogP contribution < -0.4 is 4.72 Å². The van der Waals surface area contributed by atoms with Crippen LogP contribution in [-0.2, 0) is 10.0 Å². The second-order valence-corrected chi connectivity index (χ2v) is 9.44. The van der Waals surface area contributed by atoms with Crippen molar-refractivity contribution < 1.29 is 8.42 Å². The Labute approximate surface area is 165 Å². The minimum atomic E-state index is -3.29. The normalized spacial score (nSPS) is 15.3. The molecule has 1 unspecified atom stereocenters. The number of aromatic nitrogens is 1. The minimum absolute atomic E-state index is 0.251. The Morgan fingerprint density at radius 1 is 1.21 bits per heavy atom. The molecule has 5 nitrogen and oxygen atoms in total. The highest BCUT2D eigenvalue weighted by molar-refractivity contribution is 7.93. The molecular formula is C22H23N3O2S. The van der Waals surface area contributed by atoms with Crippen molar-refractivity contribution in [3.8, 4) is 17.2 Å². The van der Waals surface area contributed by atoms with Gasteiger partial charge in [-0.05, 0) is 56.0 Å². The van der Waals surface area contributed by atoms with E-state index in [9.17, 15) is 8.42 Å². The predicted octanol–water partition coefficient (Wildman–Crippen LogP) is 5.06. The molecule has 0 amide bonds. The molecule has 1 aliphatic rings. The maximum absolute atomic E-state index is 12.3. The molecule has 4 rings (SSSR count). The molecule has 1 N–H and O–H groups in total. The van der Waals surface area contributed by atoms with Gasteiger partial charge in [-0.25, -0.2) is 8.42 Å². The van der Waals surface area contributed by atoms with Crippen LogP contribution in [0, 0.1) is 11.3 Å². The summed E-state index contributed by atoms with van der Waals surface area (Å²) in [6.45, 7) is 4.29. The van der Waals surface area contributed by atoms with E-state index in [1.165, 1.54) is 0 Å². The van der Waals surface area contributed by atoms with E-state index in [4.69, 9.17) is 5.26 Å². The van der Waals surface area contributed by atoms with Gasteiger partial charge in [-0.3, -0.25) is 4.72 Å². The van der Waals surface area contributed by atoms with E-state index in [1.807, 2.05) is 42.5 Å². The molecule has 2 aromatic carbocycles. The zero-order valence-corrected chi connectivity index (χ0v) is 16.8. The number of hydrogen-bond donors (Lipinski definition) is 1. The standard InChI is InChI=1S/C22H23N3O2S/c1-3-15(2)25-14-21(17-6-4-16(13-23)5-7-17)20-11-8-18(12-22(20)25)24-28(26,27)19-9-10-19/h4-8,11-12,14-15,19,24H,3,9-10H2,1-2H3. The molecule has 0 spiro atoms. The zero-order valence-electron chi connectivity index (χ0n) is 16.0. The van der Waals surface area contributed by atoms with E-state index >= 15 is 0 Å². The van der Waals surface area contributed by atoms with Crippen LogP contribution in [-0.4, -0.2) is 18.2 Å². The molecule has 28 heavy (non-hydrogen) atoms. The Balaban J connectivity index is 1.82. The van der Waals surface area contributed by atoms with Gasteiger partial charge in [-0.1, -0.05) is 25.1 Å². The van der Waals surface area contributed by atoms with Gasteiger partial charge in [0.2, 0.25) is 10.0 Å². The van der Waals surface area contributed by atoms with Crippen LogP contribution in [0.2, 0.25) is 0 Å². The van der Waals surface area contributed by atoms with E-state index in [0.29, 0.717) is 11.3 Å². The first kappa shape index (κ1) is 18.6. The Kier molecular flexibility index (Phi) is 4.64. The van der Waals surface area contributed by atoms with Crippen molar-refractivity contribution in [1.82, 2.24) is 4.57 Å². The van der Waals surface area contributed by atoms with E-state index in [-0.39, 0.29) is 11.3 Å². The molecule has 3 aromatic rings. The number of fused-ring (bicyclic) bond motifs is 1. The number of nitrogens with one attached hydrogen (secondary N) is 1. The summed E-state index contributed by atoms with van der Waals surface area (Å²) in [6, 6.07) is 15.7. The van der Waals surface area contributed by atoms with Crippen LogP contribution in [0.5, 0.6) is 0 Å². The molecule has 1 atom stereocenters. The Morgan fingerprint density at radius 2 is 1.93 bits per heavy atom. The van der Waals surface area contributed by atoms with Gasteiger partial charge < -0.3 is 4.57 Å². The molecule has 1 saturated carbocycles. The van der Waals surface area contributed by atoms with Gasteiger partial charge in [0.1, 0.15) is 0 Å². The van der Waals surface area contributed by atoms with Crippen molar-refractivity contribution in [2.24, 2.45) is 0 Å². The van der Waals surface area contributed by atoms with Crippen molar-refractivity contribution >= 4 is 26.6 Å². The summed E-state index contributed by atoms with van der Waals surface area (Å²) in [5, 5.41) is 9.85. The molecule has 0 saturated heterocycles. The average molecular weight is 394 g/mol. The first-order chi connectivity index (χ1) is 13.4. The highest BCUT2D eigenvalue weighted by Gasteiger charge is 2.35. The summed E-state index contributed by atoms with van der Waals surface area (Å²) >= 11 is 0. The summed E-state index contributed by atoms with van der Waals surface area (Å²) in [4.78, 5) is 0. The molecule has 0 radical (unpaired) electrons. The monoisotopic (exact) mass is 393 g/mol. The SMILES string of the molecule is CCC(C)n1cc(-c2ccc(C#N)cc2)c2ccc(NS(=O)(=O)C3CC3)cc21. The van der Waals surface area contributed by atoms with Crippen molar-refractivity contribution in [3.63, 3.8) is 0 Å². The third kappa shape index (κ3) is 3.38. The van der Waals surface area contributed by atoms with Gasteiger partial charge in [0.15, 0.2) is 0 Å². The van der Waals surface area contributed by atoms with E-state index < -0.39 is 10.0 Å². The highest BCUT2D eigenvalue weighted by atomic mass is 32.2. The molecule has 0 aliphatic heterocycles. The van der Waals surface area contributed by atoms with Gasteiger partial charge in [0, 0.05) is 23.2 Å². The first-order valence-corrected chi connectivity index (χ1v) is 11.1. The number of sulfonamides is 1. The van der Waals surface area contributed by atoms with Gasteiger partial charge in [-0.2, -0.15) is 5.26 Å². The predicted molar refractivity (Wildman–Crippen MR) is 113 cm³/mol. The van der Waals surface area contributed by atoms with E-state index in [2.05, 4.69) is 35.4 Å². The van der Waals surface area contributed by atoms with Gasteiger partial charge in [-0.15, -0.1) is 0 Å². The lowest BCUT2D eigenvalue weighted by molar-refractivity contribution is 0.548. The van der Waals surface area contributed by atoms with Crippen LogP contribution in [0.4, 0.5) is 5.69 Å². The van der Waals surface area contributed by atoms with Crippen molar-refractivity contribution in [3.05, 3.63) is 54.2 Å². The summed E-state index contributed by atoms with van der Waals surface area (Å²) in [5.74, 6) is 0. The fraction of sp³-hybridized carbons (Fsp3) is 0.318. The fourth-order valence-corrected chi connectivity index (χ4v) is 4.84. The lowest BCUT2D eigenvalue weighted by Crippen LogP contribution is -2.17. The second kappa shape index (κ2) is 6.99. The summed E-state index contributed by atoms with van der Waals surface area (Å²) in [6.07, 6.45) is 4.57. The highest BCUT2D eigenvalue weighted by Crippen LogP contribution is 2.36. The van der Waals surface area contributed by atoms with Crippen LogP contribution in [0.1, 0.15) is 44.7 Å². The van der Waals surface area contributed by atoms with Crippen LogP contribution in [0.3, 0.4) is 0 Å². The number of rotatable bonds is 6. The molecule has 1 aromatic heterocycles. The quantitative estimate of drug-likeness (QED) is 0.636. The molecule has 1 aliphatic carbocycles. The van der Waals surface area contributed by atoms with Crippen molar-refractivity contribution in [2.75, 3.05) is 4.72 Å². The number of anilines is 1. The maximum atomic E-state index is 12.3. The topological polar surface area (TPSA) is 74.9 Å². The number of hydrogen-bond acceptors (Lipinski definition) is 3. The third-order valence-electron chi connectivity index (χ3n) is 5.45. The maximum Gasteiger partial charge on any atom is 0.235 e. The molecule has 0 bridgehead atoms.